The molecule has 6 nitrogen and oxygen atoms in total. The van der Waals surface area contributed by atoms with Crippen LogP contribution >= 0.6 is 0 Å². The van der Waals surface area contributed by atoms with E-state index in [1.165, 1.54) is 4.90 Å². The molecule has 114 valence electrons. The fraction of sp³-hybridized carbons (Fsp3) is 0.786. The summed E-state index contributed by atoms with van der Waals surface area (Å²) in [5.41, 5.74) is -0.603. The molecule has 20 heavy (non-hydrogen) atoms. The predicted octanol–water partition coefficient (Wildman–Crippen LogP) is 0.958. The molecule has 0 spiro atoms. The van der Waals surface area contributed by atoms with Crippen molar-refractivity contribution in [3.63, 3.8) is 0 Å². The second kappa shape index (κ2) is 6.72. The van der Waals surface area contributed by atoms with Gasteiger partial charge in [0, 0.05) is 26.6 Å². The van der Waals surface area contributed by atoms with E-state index in [1.54, 1.807) is 25.8 Å². The molecule has 1 aliphatic heterocycles. The van der Waals surface area contributed by atoms with Crippen molar-refractivity contribution in [3.05, 3.63) is 0 Å². The number of likely N-dealkylation sites (tertiary alicyclic amines) is 1. The summed E-state index contributed by atoms with van der Waals surface area (Å²) in [7, 11) is 1.59. The molecule has 1 N–H and O–H groups in total. The van der Waals surface area contributed by atoms with Gasteiger partial charge in [-0.25, -0.2) is 0 Å². The van der Waals surface area contributed by atoms with E-state index in [2.05, 4.69) is 0 Å². The molecule has 1 rings (SSSR count). The Labute approximate surface area is 119 Å². The Hall–Kier alpha value is -1.59. The first-order chi connectivity index (χ1) is 9.21. The van der Waals surface area contributed by atoms with E-state index in [9.17, 15) is 14.4 Å². The van der Waals surface area contributed by atoms with E-state index in [-0.39, 0.29) is 31.2 Å². The number of hydrogen-bond donors (Lipinski definition) is 1. The number of carbonyl (C=O) groups excluding carboxylic acids is 2. The average Bonchev–Trinajstić information content (AvgIpc) is 2.79. The molecular formula is C14H24N2O4. The summed E-state index contributed by atoms with van der Waals surface area (Å²) in [5, 5.41) is 8.80. The van der Waals surface area contributed by atoms with Gasteiger partial charge in [0.2, 0.25) is 11.8 Å². The molecule has 0 unspecified atom stereocenters. The zero-order valence-corrected chi connectivity index (χ0v) is 12.5. The summed E-state index contributed by atoms with van der Waals surface area (Å²) in [6, 6.07) is 0. The van der Waals surface area contributed by atoms with Gasteiger partial charge in [-0.3, -0.25) is 14.4 Å². The second-order valence-electron chi connectivity index (χ2n) is 6.25. The lowest BCUT2D eigenvalue weighted by Crippen LogP contribution is -2.41. The van der Waals surface area contributed by atoms with E-state index < -0.39 is 11.4 Å². The third-order valence-electron chi connectivity index (χ3n) is 3.52. The van der Waals surface area contributed by atoms with Crippen molar-refractivity contribution < 1.29 is 19.5 Å². The number of rotatable bonds is 6. The van der Waals surface area contributed by atoms with Crippen LogP contribution in [-0.4, -0.2) is 59.4 Å². The second-order valence-corrected chi connectivity index (χ2v) is 6.25. The molecule has 0 atom stereocenters. The molecule has 6 heteroatoms. The van der Waals surface area contributed by atoms with Gasteiger partial charge in [0.1, 0.15) is 0 Å². The molecular weight excluding hydrogens is 260 g/mol. The number of hydrogen-bond acceptors (Lipinski definition) is 3. The van der Waals surface area contributed by atoms with Crippen LogP contribution in [0.5, 0.6) is 0 Å². The molecule has 0 radical (unpaired) electrons. The SMILES string of the molecule is CN(CC(=O)N1CCCC1)C(=O)CC(C)(C)CC(=O)O. The van der Waals surface area contributed by atoms with Gasteiger partial charge in [0.05, 0.1) is 13.0 Å². The number of aliphatic carboxylic acids is 1. The van der Waals surface area contributed by atoms with Crippen molar-refractivity contribution in [3.8, 4) is 0 Å². The highest BCUT2D eigenvalue weighted by atomic mass is 16.4. The zero-order valence-electron chi connectivity index (χ0n) is 12.5. The number of carboxylic acid groups (broad SMARTS) is 1. The maximum absolute atomic E-state index is 12.1. The van der Waals surface area contributed by atoms with E-state index in [1.807, 2.05) is 0 Å². The molecule has 0 aromatic heterocycles. The van der Waals surface area contributed by atoms with Crippen LogP contribution in [0, 0.1) is 5.41 Å². The number of nitrogens with zero attached hydrogens (tertiary/aromatic N) is 2. The largest absolute Gasteiger partial charge is 0.481 e. The van der Waals surface area contributed by atoms with Gasteiger partial charge in [-0.15, -0.1) is 0 Å². The number of carbonyl (C=O) groups is 3. The van der Waals surface area contributed by atoms with Gasteiger partial charge >= 0.3 is 5.97 Å². The smallest absolute Gasteiger partial charge is 0.303 e. The standard InChI is InChI=1S/C14H24N2O4/c1-14(2,9-13(19)20)8-11(17)15(3)10-12(18)16-6-4-5-7-16/h4-10H2,1-3H3,(H,19,20). The van der Waals surface area contributed by atoms with Crippen LogP contribution in [0.15, 0.2) is 0 Å². The topological polar surface area (TPSA) is 77.9 Å². The Morgan fingerprint density at radius 1 is 1.15 bits per heavy atom. The lowest BCUT2D eigenvalue weighted by atomic mass is 9.85. The number of carboxylic acids is 1. The molecule has 0 saturated carbocycles. The van der Waals surface area contributed by atoms with Gasteiger partial charge in [-0.1, -0.05) is 13.8 Å². The Kier molecular flexibility index (Phi) is 5.53. The average molecular weight is 284 g/mol. The van der Waals surface area contributed by atoms with Crippen LogP contribution in [-0.2, 0) is 14.4 Å². The monoisotopic (exact) mass is 284 g/mol. The van der Waals surface area contributed by atoms with Crippen LogP contribution < -0.4 is 0 Å². The number of likely N-dealkylation sites (N-methyl/N-ethyl adjacent to an activating group) is 1. The summed E-state index contributed by atoms with van der Waals surface area (Å²) in [4.78, 5) is 37.9. The zero-order chi connectivity index (χ0) is 15.3. The van der Waals surface area contributed by atoms with Gasteiger partial charge < -0.3 is 14.9 Å². The summed E-state index contributed by atoms with van der Waals surface area (Å²) in [6.45, 7) is 5.10. The summed E-state index contributed by atoms with van der Waals surface area (Å²) < 4.78 is 0. The van der Waals surface area contributed by atoms with Crippen LogP contribution in [0.2, 0.25) is 0 Å². The molecule has 1 fully saturated rings. The van der Waals surface area contributed by atoms with Gasteiger partial charge in [-0.05, 0) is 18.3 Å². The minimum atomic E-state index is -0.918. The molecule has 0 aromatic carbocycles. The molecule has 0 aromatic rings. The molecule has 1 aliphatic rings. The van der Waals surface area contributed by atoms with E-state index >= 15 is 0 Å². The molecule has 2 amide bonds. The quantitative estimate of drug-likeness (QED) is 0.788. The van der Waals surface area contributed by atoms with Crippen molar-refractivity contribution >= 4 is 17.8 Å². The first kappa shape index (κ1) is 16.5. The predicted molar refractivity (Wildman–Crippen MR) is 74.1 cm³/mol. The van der Waals surface area contributed by atoms with Gasteiger partial charge in [0.25, 0.3) is 0 Å². The minimum Gasteiger partial charge on any atom is -0.481 e. The van der Waals surface area contributed by atoms with E-state index in [4.69, 9.17) is 5.11 Å². The van der Waals surface area contributed by atoms with Gasteiger partial charge in [0.15, 0.2) is 0 Å². The van der Waals surface area contributed by atoms with Crippen LogP contribution in [0.1, 0.15) is 39.5 Å². The summed E-state index contributed by atoms with van der Waals surface area (Å²) in [6.07, 6.45) is 2.11. The normalized spacial score (nSPS) is 15.2. The maximum atomic E-state index is 12.1. The summed E-state index contributed by atoms with van der Waals surface area (Å²) >= 11 is 0. The Balaban J connectivity index is 2.45. The molecule has 1 heterocycles. The van der Waals surface area contributed by atoms with E-state index in [0.717, 1.165) is 25.9 Å². The van der Waals surface area contributed by atoms with Gasteiger partial charge in [-0.2, -0.15) is 0 Å². The van der Waals surface area contributed by atoms with Crippen LogP contribution in [0.4, 0.5) is 0 Å². The lowest BCUT2D eigenvalue weighted by Gasteiger charge is -2.26. The van der Waals surface area contributed by atoms with Crippen molar-refractivity contribution in [2.24, 2.45) is 5.41 Å². The van der Waals surface area contributed by atoms with Crippen molar-refractivity contribution in [1.82, 2.24) is 9.80 Å². The van der Waals surface area contributed by atoms with E-state index in [0.29, 0.717) is 0 Å². The highest BCUT2D eigenvalue weighted by molar-refractivity contribution is 5.85. The lowest BCUT2D eigenvalue weighted by molar-refractivity contribution is -0.142. The first-order valence-electron chi connectivity index (χ1n) is 6.95. The molecule has 0 bridgehead atoms. The fourth-order valence-electron chi connectivity index (χ4n) is 2.37. The van der Waals surface area contributed by atoms with Crippen molar-refractivity contribution in [2.75, 3.05) is 26.7 Å². The Bertz CT molecular complexity index is 387. The maximum Gasteiger partial charge on any atom is 0.303 e. The minimum absolute atomic E-state index is 0.0330. The van der Waals surface area contributed by atoms with Crippen LogP contribution in [0.25, 0.3) is 0 Å². The fourth-order valence-corrected chi connectivity index (χ4v) is 2.37. The van der Waals surface area contributed by atoms with Crippen molar-refractivity contribution in [2.45, 2.75) is 39.5 Å². The molecule has 1 saturated heterocycles. The van der Waals surface area contributed by atoms with Crippen LogP contribution in [0.3, 0.4) is 0 Å². The Morgan fingerprint density at radius 3 is 2.20 bits per heavy atom. The third kappa shape index (κ3) is 5.19. The first-order valence-corrected chi connectivity index (χ1v) is 6.95. The number of amides is 2. The molecule has 0 aliphatic carbocycles. The Morgan fingerprint density at radius 2 is 1.70 bits per heavy atom. The van der Waals surface area contributed by atoms with Crippen molar-refractivity contribution in [1.29, 1.82) is 0 Å². The highest BCUT2D eigenvalue weighted by Crippen LogP contribution is 2.25. The highest BCUT2D eigenvalue weighted by Gasteiger charge is 2.28. The third-order valence-corrected chi connectivity index (χ3v) is 3.52. The summed E-state index contributed by atoms with van der Waals surface area (Å²) in [5.74, 6) is -1.14.